The van der Waals surface area contributed by atoms with E-state index in [0.717, 1.165) is 0 Å². The molecule has 7 nitrogen and oxygen atoms in total. The number of aryl methyl sites for hydroxylation is 1. The Morgan fingerprint density at radius 3 is 2.48 bits per heavy atom. The van der Waals surface area contributed by atoms with Gasteiger partial charge in [0.1, 0.15) is 23.4 Å². The highest BCUT2D eigenvalue weighted by atomic mass is 19.4. The second-order valence-electron chi connectivity index (χ2n) is 4.28. The maximum Gasteiger partial charge on any atom is 0.451 e. The standard InChI is InChI=1S/C11H13F3N6O/c1-5-4-16-9(21-5)6(2)17-7-3-8(20-15)19-10(18-7)11(12,13)14/h3-4,6H,15H2,1-2H3,(H2,17,18,19,20). The van der Waals surface area contributed by atoms with Crippen LogP contribution in [0, 0.1) is 6.92 Å². The summed E-state index contributed by atoms with van der Waals surface area (Å²) in [7, 11) is 0. The van der Waals surface area contributed by atoms with Gasteiger partial charge in [0, 0.05) is 6.07 Å². The summed E-state index contributed by atoms with van der Waals surface area (Å²) in [6, 6.07) is 0.780. The van der Waals surface area contributed by atoms with Crippen LogP contribution in [-0.4, -0.2) is 15.0 Å². The first kappa shape index (κ1) is 15.0. The van der Waals surface area contributed by atoms with Gasteiger partial charge in [-0.15, -0.1) is 0 Å². The zero-order valence-corrected chi connectivity index (χ0v) is 11.2. The third-order valence-electron chi connectivity index (χ3n) is 2.50. The molecule has 0 radical (unpaired) electrons. The molecule has 0 aromatic carbocycles. The lowest BCUT2D eigenvalue weighted by Crippen LogP contribution is -2.18. The Labute approximate surface area is 117 Å². The summed E-state index contributed by atoms with van der Waals surface area (Å²) in [5.41, 5.74) is 2.07. The van der Waals surface area contributed by atoms with Gasteiger partial charge in [0.25, 0.3) is 0 Å². The highest BCUT2D eigenvalue weighted by molar-refractivity contribution is 5.47. The van der Waals surface area contributed by atoms with Gasteiger partial charge in [0.2, 0.25) is 11.7 Å². The number of rotatable bonds is 4. The number of hydrogen-bond donors (Lipinski definition) is 3. The Kier molecular flexibility index (Phi) is 3.98. The van der Waals surface area contributed by atoms with E-state index in [4.69, 9.17) is 10.3 Å². The van der Waals surface area contributed by atoms with E-state index in [-0.39, 0.29) is 11.6 Å². The molecule has 0 amide bonds. The average Bonchev–Trinajstić information content (AvgIpc) is 2.84. The molecule has 0 fully saturated rings. The van der Waals surface area contributed by atoms with Crippen molar-refractivity contribution in [3.05, 3.63) is 29.7 Å². The molecule has 0 saturated carbocycles. The number of nitrogen functional groups attached to an aromatic ring is 1. The topological polar surface area (TPSA) is 102 Å². The van der Waals surface area contributed by atoms with Crippen molar-refractivity contribution in [2.75, 3.05) is 10.7 Å². The van der Waals surface area contributed by atoms with Crippen LogP contribution in [-0.2, 0) is 6.18 Å². The van der Waals surface area contributed by atoms with Crippen LogP contribution >= 0.6 is 0 Å². The number of nitrogens with one attached hydrogen (secondary N) is 2. The smallest absolute Gasteiger partial charge is 0.444 e. The lowest BCUT2D eigenvalue weighted by atomic mass is 10.3. The van der Waals surface area contributed by atoms with Crippen molar-refractivity contribution in [2.24, 2.45) is 5.84 Å². The molecule has 0 aliphatic carbocycles. The Balaban J connectivity index is 2.27. The van der Waals surface area contributed by atoms with Crippen LogP contribution in [0.5, 0.6) is 0 Å². The summed E-state index contributed by atoms with van der Waals surface area (Å²) in [5, 5.41) is 2.76. The predicted octanol–water partition coefficient (Wildman–Crippen LogP) is 2.25. The number of nitrogens with two attached hydrogens (primary N) is 1. The molecule has 1 unspecified atom stereocenters. The van der Waals surface area contributed by atoms with Gasteiger partial charge in [-0.3, -0.25) is 0 Å². The van der Waals surface area contributed by atoms with Crippen LogP contribution in [0.25, 0.3) is 0 Å². The van der Waals surface area contributed by atoms with Crippen molar-refractivity contribution in [1.82, 2.24) is 15.0 Å². The van der Waals surface area contributed by atoms with Gasteiger partial charge in [-0.05, 0) is 13.8 Å². The lowest BCUT2D eigenvalue weighted by molar-refractivity contribution is -0.144. The molecule has 21 heavy (non-hydrogen) atoms. The molecular weight excluding hydrogens is 289 g/mol. The minimum absolute atomic E-state index is 0.0476. The van der Waals surface area contributed by atoms with E-state index in [2.05, 4.69) is 25.7 Å². The molecule has 1 atom stereocenters. The molecule has 10 heteroatoms. The van der Waals surface area contributed by atoms with Crippen LogP contribution in [0.4, 0.5) is 24.8 Å². The minimum Gasteiger partial charge on any atom is -0.444 e. The first-order valence-electron chi connectivity index (χ1n) is 5.91. The van der Waals surface area contributed by atoms with Crippen molar-refractivity contribution in [1.29, 1.82) is 0 Å². The summed E-state index contributed by atoms with van der Waals surface area (Å²) in [6.45, 7) is 3.39. The van der Waals surface area contributed by atoms with Crippen LogP contribution < -0.4 is 16.6 Å². The molecule has 0 bridgehead atoms. The third-order valence-corrected chi connectivity index (χ3v) is 2.50. The quantitative estimate of drug-likeness (QED) is 0.588. The Morgan fingerprint density at radius 2 is 1.95 bits per heavy atom. The van der Waals surface area contributed by atoms with Gasteiger partial charge in [0.05, 0.1) is 6.20 Å². The van der Waals surface area contributed by atoms with Crippen molar-refractivity contribution in [3.63, 3.8) is 0 Å². The van der Waals surface area contributed by atoms with Gasteiger partial charge in [-0.2, -0.15) is 13.2 Å². The van der Waals surface area contributed by atoms with E-state index in [9.17, 15) is 13.2 Å². The second kappa shape index (κ2) is 5.56. The summed E-state index contributed by atoms with van der Waals surface area (Å²) < 4.78 is 43.4. The number of alkyl halides is 3. The Morgan fingerprint density at radius 1 is 1.29 bits per heavy atom. The number of halogens is 3. The molecule has 2 aromatic rings. The fraction of sp³-hybridized carbons (Fsp3) is 0.364. The molecular formula is C11H13F3N6O. The Hall–Kier alpha value is -2.36. The number of hydrogen-bond acceptors (Lipinski definition) is 7. The highest BCUT2D eigenvalue weighted by Gasteiger charge is 2.35. The van der Waals surface area contributed by atoms with Crippen molar-refractivity contribution >= 4 is 11.6 Å². The van der Waals surface area contributed by atoms with Crippen LogP contribution in [0.1, 0.15) is 30.4 Å². The molecule has 114 valence electrons. The van der Waals surface area contributed by atoms with E-state index < -0.39 is 18.0 Å². The van der Waals surface area contributed by atoms with E-state index in [0.29, 0.717) is 11.7 Å². The average molecular weight is 302 g/mol. The first-order valence-corrected chi connectivity index (χ1v) is 5.91. The highest BCUT2D eigenvalue weighted by Crippen LogP contribution is 2.29. The lowest BCUT2D eigenvalue weighted by Gasteiger charge is -2.14. The van der Waals surface area contributed by atoms with Crippen molar-refractivity contribution < 1.29 is 17.6 Å². The molecule has 0 saturated heterocycles. The molecule has 2 rings (SSSR count). The molecule has 2 aromatic heterocycles. The maximum atomic E-state index is 12.7. The fourth-order valence-electron chi connectivity index (χ4n) is 1.58. The summed E-state index contributed by atoms with van der Waals surface area (Å²) in [4.78, 5) is 10.7. The third kappa shape index (κ3) is 3.60. The molecule has 0 aliphatic rings. The van der Waals surface area contributed by atoms with E-state index in [1.54, 1.807) is 13.8 Å². The van der Waals surface area contributed by atoms with Gasteiger partial charge >= 0.3 is 6.18 Å². The van der Waals surface area contributed by atoms with E-state index in [1.807, 2.05) is 0 Å². The Bertz CT molecular complexity index is 627. The number of hydrazine groups is 1. The number of aromatic nitrogens is 3. The van der Waals surface area contributed by atoms with Crippen molar-refractivity contribution in [2.45, 2.75) is 26.1 Å². The summed E-state index contributed by atoms with van der Waals surface area (Å²) in [5.74, 6) is 4.54. The zero-order valence-electron chi connectivity index (χ0n) is 11.2. The first-order chi connectivity index (χ1) is 9.79. The van der Waals surface area contributed by atoms with Crippen LogP contribution in [0.2, 0.25) is 0 Å². The van der Waals surface area contributed by atoms with E-state index >= 15 is 0 Å². The fourth-order valence-corrected chi connectivity index (χ4v) is 1.58. The zero-order chi connectivity index (χ0) is 15.6. The predicted molar refractivity (Wildman–Crippen MR) is 68.1 cm³/mol. The SMILES string of the molecule is Cc1cnc(C(C)Nc2cc(NN)nc(C(F)(F)F)n2)o1. The summed E-state index contributed by atoms with van der Waals surface area (Å²) >= 11 is 0. The second-order valence-corrected chi connectivity index (χ2v) is 4.28. The minimum atomic E-state index is -4.67. The van der Waals surface area contributed by atoms with Gasteiger partial charge in [-0.25, -0.2) is 20.8 Å². The number of anilines is 2. The van der Waals surface area contributed by atoms with Crippen LogP contribution in [0.15, 0.2) is 16.7 Å². The van der Waals surface area contributed by atoms with E-state index in [1.165, 1.54) is 12.3 Å². The normalized spacial score (nSPS) is 13.0. The largest absolute Gasteiger partial charge is 0.451 e. The maximum absolute atomic E-state index is 12.7. The monoisotopic (exact) mass is 302 g/mol. The molecule has 4 N–H and O–H groups in total. The summed E-state index contributed by atoms with van der Waals surface area (Å²) in [6.07, 6.45) is -3.16. The van der Waals surface area contributed by atoms with Gasteiger partial charge in [0.15, 0.2) is 0 Å². The van der Waals surface area contributed by atoms with Gasteiger partial charge < -0.3 is 15.2 Å². The van der Waals surface area contributed by atoms with Crippen molar-refractivity contribution in [3.8, 4) is 0 Å². The van der Waals surface area contributed by atoms with Gasteiger partial charge in [-0.1, -0.05) is 0 Å². The van der Waals surface area contributed by atoms with Crippen LogP contribution in [0.3, 0.4) is 0 Å². The molecule has 0 spiro atoms. The molecule has 0 aliphatic heterocycles. The molecule has 2 heterocycles. The number of nitrogens with zero attached hydrogens (tertiary/aromatic N) is 3. The number of oxazole rings is 1.